The topological polar surface area (TPSA) is 67.4 Å². The van der Waals surface area contributed by atoms with Crippen molar-refractivity contribution in [2.75, 3.05) is 11.9 Å². The Labute approximate surface area is 170 Å². The van der Waals surface area contributed by atoms with Gasteiger partial charge < -0.3 is 15.4 Å². The quantitative estimate of drug-likeness (QED) is 0.609. The van der Waals surface area contributed by atoms with Crippen molar-refractivity contribution in [1.82, 2.24) is 5.32 Å². The first-order valence-corrected chi connectivity index (χ1v) is 9.57. The maximum Gasteiger partial charge on any atom is 0.259 e. The Balaban J connectivity index is 1.64. The van der Waals surface area contributed by atoms with Gasteiger partial charge in [-0.15, -0.1) is 0 Å². The van der Waals surface area contributed by atoms with Crippen molar-refractivity contribution < 1.29 is 14.3 Å². The molecule has 5 nitrogen and oxygen atoms in total. The zero-order valence-corrected chi connectivity index (χ0v) is 16.5. The van der Waals surface area contributed by atoms with Gasteiger partial charge in [-0.1, -0.05) is 42.5 Å². The Morgan fingerprint density at radius 1 is 0.862 bits per heavy atom. The average Bonchev–Trinajstić information content (AvgIpc) is 2.75. The average molecular weight is 388 g/mol. The van der Waals surface area contributed by atoms with E-state index in [1.54, 1.807) is 42.5 Å². The highest BCUT2D eigenvalue weighted by Crippen LogP contribution is 2.20. The van der Waals surface area contributed by atoms with Crippen molar-refractivity contribution in [3.63, 3.8) is 0 Å². The van der Waals surface area contributed by atoms with Gasteiger partial charge in [0, 0.05) is 11.3 Å². The van der Waals surface area contributed by atoms with Crippen molar-refractivity contribution in [1.29, 1.82) is 0 Å². The number of anilines is 1. The fourth-order valence-electron chi connectivity index (χ4n) is 2.94. The highest BCUT2D eigenvalue weighted by Gasteiger charge is 2.14. The third-order valence-corrected chi connectivity index (χ3v) is 4.48. The lowest BCUT2D eigenvalue weighted by Gasteiger charge is -2.14. The fraction of sp³-hybridized carbons (Fsp3) is 0.167. The first-order chi connectivity index (χ1) is 14.1. The van der Waals surface area contributed by atoms with Crippen molar-refractivity contribution >= 4 is 17.5 Å². The summed E-state index contributed by atoms with van der Waals surface area (Å²) in [6, 6.07) is 23.6. The second kappa shape index (κ2) is 9.55. The van der Waals surface area contributed by atoms with Gasteiger partial charge in [0.15, 0.2) is 0 Å². The molecule has 0 aromatic heterocycles. The van der Waals surface area contributed by atoms with Crippen LogP contribution < -0.4 is 15.4 Å². The Kier molecular flexibility index (Phi) is 6.63. The Morgan fingerprint density at radius 3 is 2.21 bits per heavy atom. The van der Waals surface area contributed by atoms with E-state index in [0.29, 0.717) is 29.2 Å². The van der Waals surface area contributed by atoms with Crippen LogP contribution in [0, 0.1) is 0 Å². The molecule has 0 heterocycles. The first kappa shape index (κ1) is 20.1. The molecule has 1 unspecified atom stereocenters. The van der Waals surface area contributed by atoms with Gasteiger partial charge in [-0.2, -0.15) is 0 Å². The summed E-state index contributed by atoms with van der Waals surface area (Å²) in [7, 11) is 0. The monoisotopic (exact) mass is 388 g/mol. The molecule has 5 heteroatoms. The molecule has 0 aliphatic rings. The molecule has 2 N–H and O–H groups in total. The van der Waals surface area contributed by atoms with E-state index in [0.717, 1.165) is 5.56 Å². The maximum absolute atomic E-state index is 12.6. The zero-order chi connectivity index (χ0) is 20.6. The summed E-state index contributed by atoms with van der Waals surface area (Å²) < 4.78 is 5.51. The van der Waals surface area contributed by atoms with Crippen LogP contribution in [0.15, 0.2) is 78.9 Å². The van der Waals surface area contributed by atoms with E-state index in [1.807, 2.05) is 50.2 Å². The number of hydrogen-bond donors (Lipinski definition) is 2. The minimum absolute atomic E-state index is 0.0989. The maximum atomic E-state index is 12.6. The van der Waals surface area contributed by atoms with Crippen molar-refractivity contribution in [3.05, 3.63) is 95.6 Å². The van der Waals surface area contributed by atoms with Gasteiger partial charge in [-0.05, 0) is 55.8 Å². The largest absolute Gasteiger partial charge is 0.493 e. The Hall–Kier alpha value is -3.60. The van der Waals surface area contributed by atoms with E-state index >= 15 is 0 Å². The van der Waals surface area contributed by atoms with Crippen LogP contribution in [0.5, 0.6) is 5.75 Å². The molecule has 0 aliphatic heterocycles. The van der Waals surface area contributed by atoms with E-state index in [2.05, 4.69) is 10.6 Å². The number of hydrogen-bond acceptors (Lipinski definition) is 3. The summed E-state index contributed by atoms with van der Waals surface area (Å²) in [6.45, 7) is 4.30. The van der Waals surface area contributed by atoms with E-state index in [4.69, 9.17) is 4.74 Å². The summed E-state index contributed by atoms with van der Waals surface area (Å²) in [5, 5.41) is 5.82. The fourth-order valence-corrected chi connectivity index (χ4v) is 2.94. The molecule has 148 valence electrons. The molecule has 29 heavy (non-hydrogen) atoms. The minimum atomic E-state index is -0.260. The molecule has 0 radical (unpaired) electrons. The van der Waals surface area contributed by atoms with E-state index < -0.39 is 0 Å². The summed E-state index contributed by atoms with van der Waals surface area (Å²) in [5.74, 6) is 0.114. The number of para-hydroxylation sites is 1. The smallest absolute Gasteiger partial charge is 0.259 e. The lowest BCUT2D eigenvalue weighted by molar-refractivity contribution is 0.0939. The molecule has 0 spiro atoms. The van der Waals surface area contributed by atoms with E-state index in [1.165, 1.54) is 0 Å². The second-order valence-electron chi connectivity index (χ2n) is 6.57. The number of carbonyl (C=O) groups excluding carboxylic acids is 2. The number of benzene rings is 3. The van der Waals surface area contributed by atoms with Crippen LogP contribution in [0.4, 0.5) is 5.69 Å². The highest BCUT2D eigenvalue weighted by atomic mass is 16.5. The third kappa shape index (κ3) is 5.23. The van der Waals surface area contributed by atoms with Crippen LogP contribution in [0.25, 0.3) is 0 Å². The van der Waals surface area contributed by atoms with Gasteiger partial charge in [-0.3, -0.25) is 9.59 Å². The van der Waals surface area contributed by atoms with Crippen LogP contribution in [0.1, 0.15) is 46.2 Å². The highest BCUT2D eigenvalue weighted by molar-refractivity contribution is 6.06. The number of carbonyl (C=O) groups is 2. The van der Waals surface area contributed by atoms with Gasteiger partial charge in [0.25, 0.3) is 11.8 Å². The lowest BCUT2D eigenvalue weighted by atomic mass is 10.1. The number of nitrogens with one attached hydrogen (secondary N) is 2. The molecule has 3 aromatic rings. The molecule has 3 rings (SSSR count). The molecular formula is C24H24N2O3. The normalized spacial score (nSPS) is 11.4. The van der Waals surface area contributed by atoms with Gasteiger partial charge in [-0.25, -0.2) is 0 Å². The minimum Gasteiger partial charge on any atom is -0.493 e. The molecular weight excluding hydrogens is 364 g/mol. The Bertz CT molecular complexity index is 969. The molecule has 0 bridgehead atoms. The molecule has 0 fully saturated rings. The van der Waals surface area contributed by atoms with Crippen molar-refractivity contribution in [2.24, 2.45) is 0 Å². The zero-order valence-electron chi connectivity index (χ0n) is 16.5. The summed E-state index contributed by atoms with van der Waals surface area (Å²) in [5.41, 5.74) is 2.64. The van der Waals surface area contributed by atoms with Crippen LogP contribution in [-0.4, -0.2) is 18.4 Å². The molecule has 3 aromatic carbocycles. The summed E-state index contributed by atoms with van der Waals surface area (Å²) in [6.07, 6.45) is 0. The summed E-state index contributed by atoms with van der Waals surface area (Å²) >= 11 is 0. The number of amides is 2. The van der Waals surface area contributed by atoms with Crippen LogP contribution in [0.2, 0.25) is 0 Å². The summed E-state index contributed by atoms with van der Waals surface area (Å²) in [4.78, 5) is 25.0. The number of ether oxygens (including phenoxy) is 1. The molecule has 2 amide bonds. The molecule has 0 aliphatic carbocycles. The van der Waals surface area contributed by atoms with E-state index in [9.17, 15) is 9.59 Å². The predicted octanol–water partition coefficient (Wildman–Crippen LogP) is 4.83. The van der Waals surface area contributed by atoms with Crippen LogP contribution >= 0.6 is 0 Å². The second-order valence-corrected chi connectivity index (χ2v) is 6.57. The van der Waals surface area contributed by atoms with Gasteiger partial charge >= 0.3 is 0 Å². The standard InChI is InChI=1S/C24H24N2O3/c1-3-29-22-12-8-7-11-21(22)24(28)26-20-15-13-19(14-16-20)23(27)25-17(2)18-9-5-4-6-10-18/h4-17H,3H2,1-2H3,(H,25,27)(H,26,28). The van der Waals surface area contributed by atoms with E-state index in [-0.39, 0.29) is 17.9 Å². The van der Waals surface area contributed by atoms with Crippen LogP contribution in [0.3, 0.4) is 0 Å². The Morgan fingerprint density at radius 2 is 1.52 bits per heavy atom. The van der Waals surface area contributed by atoms with Crippen molar-refractivity contribution in [2.45, 2.75) is 19.9 Å². The first-order valence-electron chi connectivity index (χ1n) is 9.57. The number of rotatable bonds is 7. The van der Waals surface area contributed by atoms with Crippen LogP contribution in [-0.2, 0) is 0 Å². The molecule has 0 saturated carbocycles. The van der Waals surface area contributed by atoms with Gasteiger partial charge in [0.05, 0.1) is 18.2 Å². The third-order valence-electron chi connectivity index (χ3n) is 4.48. The lowest BCUT2D eigenvalue weighted by Crippen LogP contribution is -2.26. The van der Waals surface area contributed by atoms with Crippen molar-refractivity contribution in [3.8, 4) is 5.75 Å². The molecule has 1 atom stereocenters. The molecule has 0 saturated heterocycles. The SMILES string of the molecule is CCOc1ccccc1C(=O)Nc1ccc(C(=O)NC(C)c2ccccc2)cc1. The predicted molar refractivity (Wildman–Crippen MR) is 114 cm³/mol. The van der Waals surface area contributed by atoms with Gasteiger partial charge in [0.1, 0.15) is 5.75 Å². The van der Waals surface area contributed by atoms with Gasteiger partial charge in [0.2, 0.25) is 0 Å².